The van der Waals surface area contributed by atoms with Crippen molar-refractivity contribution < 1.29 is 9.94 Å². The molecule has 2 aliphatic rings. The Balaban J connectivity index is 1.91. The van der Waals surface area contributed by atoms with E-state index in [9.17, 15) is 5.21 Å². The molecule has 1 aliphatic carbocycles. The molecule has 1 N–H and O–H groups in total. The molecule has 2 fully saturated rings. The van der Waals surface area contributed by atoms with Gasteiger partial charge in [-0.2, -0.15) is 5.06 Å². The molecule has 1 saturated carbocycles. The van der Waals surface area contributed by atoms with Gasteiger partial charge in [0.2, 0.25) is 0 Å². The van der Waals surface area contributed by atoms with Gasteiger partial charge < -0.3 is 9.94 Å². The Kier molecular flexibility index (Phi) is 2.63. The van der Waals surface area contributed by atoms with Gasteiger partial charge in [0.1, 0.15) is 0 Å². The van der Waals surface area contributed by atoms with Crippen molar-refractivity contribution in [1.82, 2.24) is 5.06 Å². The number of rotatable bonds is 1. The summed E-state index contributed by atoms with van der Waals surface area (Å²) in [6.07, 6.45) is 5.19. The fourth-order valence-corrected chi connectivity index (χ4v) is 2.34. The maximum atomic E-state index is 9.58. The van der Waals surface area contributed by atoms with Crippen molar-refractivity contribution in [2.24, 2.45) is 5.92 Å². The van der Waals surface area contributed by atoms with Gasteiger partial charge in [-0.3, -0.25) is 0 Å². The van der Waals surface area contributed by atoms with Gasteiger partial charge in [0.15, 0.2) is 0 Å². The molecule has 1 atom stereocenters. The minimum atomic E-state index is 0.279. The van der Waals surface area contributed by atoms with Crippen LogP contribution in [0.5, 0.6) is 0 Å². The second-order valence-corrected chi connectivity index (χ2v) is 3.85. The highest BCUT2D eigenvalue weighted by atomic mass is 16.5. The average molecular weight is 171 g/mol. The zero-order valence-electron chi connectivity index (χ0n) is 7.41. The first-order valence-electron chi connectivity index (χ1n) is 4.91. The lowest BCUT2D eigenvalue weighted by atomic mass is 9.98. The third-order valence-corrected chi connectivity index (χ3v) is 3.08. The first kappa shape index (κ1) is 8.48. The highest BCUT2D eigenvalue weighted by molar-refractivity contribution is 4.81. The van der Waals surface area contributed by atoms with Gasteiger partial charge in [0, 0.05) is 6.54 Å². The van der Waals surface area contributed by atoms with Crippen LogP contribution in [0.25, 0.3) is 0 Å². The first-order chi connectivity index (χ1) is 5.88. The Morgan fingerprint density at radius 2 is 2.00 bits per heavy atom. The van der Waals surface area contributed by atoms with Crippen molar-refractivity contribution in [2.75, 3.05) is 19.8 Å². The topological polar surface area (TPSA) is 32.7 Å². The Hall–Kier alpha value is -0.120. The van der Waals surface area contributed by atoms with E-state index in [4.69, 9.17) is 4.74 Å². The van der Waals surface area contributed by atoms with E-state index in [1.54, 1.807) is 0 Å². The molecule has 1 heterocycles. The first-order valence-corrected chi connectivity index (χ1v) is 4.91. The lowest BCUT2D eigenvalue weighted by Crippen LogP contribution is -2.46. The molecule has 0 aromatic rings. The van der Waals surface area contributed by atoms with E-state index in [0.717, 1.165) is 6.61 Å². The third kappa shape index (κ3) is 1.63. The van der Waals surface area contributed by atoms with Crippen LogP contribution in [-0.4, -0.2) is 36.1 Å². The Bertz CT molecular complexity index is 145. The van der Waals surface area contributed by atoms with Crippen molar-refractivity contribution in [3.63, 3.8) is 0 Å². The monoisotopic (exact) mass is 171 g/mol. The molecule has 70 valence electrons. The van der Waals surface area contributed by atoms with Crippen molar-refractivity contribution in [3.8, 4) is 0 Å². The Morgan fingerprint density at radius 3 is 2.67 bits per heavy atom. The molecule has 0 aromatic carbocycles. The van der Waals surface area contributed by atoms with Crippen molar-refractivity contribution in [2.45, 2.75) is 31.7 Å². The van der Waals surface area contributed by atoms with E-state index in [2.05, 4.69) is 0 Å². The lowest BCUT2D eigenvalue weighted by molar-refractivity contribution is -0.194. The van der Waals surface area contributed by atoms with Crippen LogP contribution in [0.4, 0.5) is 0 Å². The zero-order chi connectivity index (χ0) is 8.39. The summed E-state index contributed by atoms with van der Waals surface area (Å²) in [6, 6.07) is 0.279. The van der Waals surface area contributed by atoms with Gasteiger partial charge in [-0.15, -0.1) is 0 Å². The van der Waals surface area contributed by atoms with Crippen LogP contribution in [0.15, 0.2) is 0 Å². The molecule has 2 rings (SSSR count). The van der Waals surface area contributed by atoms with Gasteiger partial charge in [-0.25, -0.2) is 0 Å². The van der Waals surface area contributed by atoms with Crippen molar-refractivity contribution in [3.05, 3.63) is 0 Å². The SMILES string of the molecule is ON1CCOCC1C1CCCC1. The fraction of sp³-hybridized carbons (Fsp3) is 1.00. The van der Waals surface area contributed by atoms with Crippen LogP contribution >= 0.6 is 0 Å². The molecular weight excluding hydrogens is 154 g/mol. The van der Waals surface area contributed by atoms with Crippen molar-refractivity contribution >= 4 is 0 Å². The van der Waals surface area contributed by atoms with E-state index in [1.807, 2.05) is 0 Å². The van der Waals surface area contributed by atoms with Crippen LogP contribution < -0.4 is 0 Å². The number of ether oxygens (including phenoxy) is 1. The minimum Gasteiger partial charge on any atom is -0.378 e. The summed E-state index contributed by atoms with van der Waals surface area (Å²) >= 11 is 0. The molecule has 0 radical (unpaired) electrons. The molecular formula is C9H17NO2. The normalized spacial score (nSPS) is 34.2. The molecule has 1 saturated heterocycles. The molecule has 0 aromatic heterocycles. The second kappa shape index (κ2) is 3.73. The molecule has 1 aliphatic heterocycles. The summed E-state index contributed by atoms with van der Waals surface area (Å²) in [4.78, 5) is 0. The minimum absolute atomic E-state index is 0.279. The number of morpholine rings is 1. The quantitative estimate of drug-likeness (QED) is 0.645. The molecule has 3 heteroatoms. The van der Waals surface area contributed by atoms with E-state index in [0.29, 0.717) is 19.1 Å². The summed E-state index contributed by atoms with van der Waals surface area (Å²) in [5, 5.41) is 11.1. The summed E-state index contributed by atoms with van der Waals surface area (Å²) in [7, 11) is 0. The maximum Gasteiger partial charge on any atom is 0.0648 e. The van der Waals surface area contributed by atoms with Gasteiger partial charge >= 0.3 is 0 Å². The fourth-order valence-electron chi connectivity index (χ4n) is 2.34. The predicted molar refractivity (Wildman–Crippen MR) is 45.1 cm³/mol. The van der Waals surface area contributed by atoms with E-state index >= 15 is 0 Å². The molecule has 0 bridgehead atoms. The summed E-state index contributed by atoms with van der Waals surface area (Å²) in [5.74, 6) is 0.676. The molecule has 3 nitrogen and oxygen atoms in total. The average Bonchev–Trinajstić information content (AvgIpc) is 2.57. The lowest BCUT2D eigenvalue weighted by Gasteiger charge is -2.34. The van der Waals surface area contributed by atoms with Crippen LogP contribution in [-0.2, 0) is 4.74 Å². The molecule has 12 heavy (non-hydrogen) atoms. The van der Waals surface area contributed by atoms with Gasteiger partial charge in [-0.05, 0) is 18.8 Å². The van der Waals surface area contributed by atoms with Gasteiger partial charge in [-0.1, -0.05) is 12.8 Å². The smallest absolute Gasteiger partial charge is 0.0648 e. The number of nitrogens with zero attached hydrogens (tertiary/aromatic N) is 1. The summed E-state index contributed by atoms with van der Waals surface area (Å²) in [6.45, 7) is 2.09. The predicted octanol–water partition coefficient (Wildman–Crippen LogP) is 1.27. The molecule has 0 spiro atoms. The zero-order valence-corrected chi connectivity index (χ0v) is 7.41. The van der Waals surface area contributed by atoms with E-state index < -0.39 is 0 Å². The van der Waals surface area contributed by atoms with Crippen LogP contribution in [0, 0.1) is 5.92 Å². The number of hydrogen-bond acceptors (Lipinski definition) is 3. The second-order valence-electron chi connectivity index (χ2n) is 3.85. The summed E-state index contributed by atoms with van der Waals surface area (Å²) in [5.41, 5.74) is 0. The highest BCUT2D eigenvalue weighted by Crippen LogP contribution is 2.30. The number of hydroxylamine groups is 2. The van der Waals surface area contributed by atoms with Crippen LogP contribution in [0.1, 0.15) is 25.7 Å². The molecule has 1 unspecified atom stereocenters. The third-order valence-electron chi connectivity index (χ3n) is 3.08. The Morgan fingerprint density at radius 1 is 1.25 bits per heavy atom. The highest BCUT2D eigenvalue weighted by Gasteiger charge is 2.31. The summed E-state index contributed by atoms with van der Waals surface area (Å²) < 4.78 is 5.36. The largest absolute Gasteiger partial charge is 0.378 e. The van der Waals surface area contributed by atoms with E-state index in [-0.39, 0.29) is 6.04 Å². The molecule has 0 amide bonds. The van der Waals surface area contributed by atoms with E-state index in [1.165, 1.54) is 30.7 Å². The van der Waals surface area contributed by atoms with Gasteiger partial charge in [0.05, 0.1) is 19.3 Å². The number of hydrogen-bond donors (Lipinski definition) is 1. The van der Waals surface area contributed by atoms with Crippen molar-refractivity contribution in [1.29, 1.82) is 0 Å². The Labute approximate surface area is 73.3 Å². The standard InChI is InChI=1S/C9H17NO2/c11-10-5-6-12-7-9(10)8-3-1-2-4-8/h8-9,11H,1-7H2. The van der Waals surface area contributed by atoms with Crippen LogP contribution in [0.2, 0.25) is 0 Å². The maximum absolute atomic E-state index is 9.58. The van der Waals surface area contributed by atoms with Gasteiger partial charge in [0.25, 0.3) is 0 Å². The van der Waals surface area contributed by atoms with Crippen LogP contribution in [0.3, 0.4) is 0 Å².